The van der Waals surface area contributed by atoms with Crippen molar-refractivity contribution in [2.24, 2.45) is 0 Å². The molecule has 3 aromatic carbocycles. The minimum Gasteiger partial charge on any atom is -0.385 e. The van der Waals surface area contributed by atoms with Gasteiger partial charge in [-0.05, 0) is 66.7 Å². The van der Waals surface area contributed by atoms with Crippen LogP contribution in [0.15, 0.2) is 78.9 Å². The van der Waals surface area contributed by atoms with E-state index in [-0.39, 0.29) is 12.1 Å². The molecule has 0 aliphatic carbocycles. The summed E-state index contributed by atoms with van der Waals surface area (Å²) in [4.78, 5) is 0. The van der Waals surface area contributed by atoms with Gasteiger partial charge in [-0.3, -0.25) is 0 Å². The van der Waals surface area contributed by atoms with Crippen LogP contribution in [-0.2, 0) is 0 Å². The van der Waals surface area contributed by atoms with Gasteiger partial charge in [0.05, 0.1) is 12.1 Å². The summed E-state index contributed by atoms with van der Waals surface area (Å²) in [6.07, 6.45) is 23.7. The molecular formula is C44H69N3. The molecule has 47 heavy (non-hydrogen) atoms. The molecule has 0 aliphatic heterocycles. The summed E-state index contributed by atoms with van der Waals surface area (Å²) in [5.41, 5.74) is 6.68. The highest BCUT2D eigenvalue weighted by Crippen LogP contribution is 2.33. The van der Waals surface area contributed by atoms with E-state index in [2.05, 4.69) is 116 Å². The van der Waals surface area contributed by atoms with E-state index >= 15 is 0 Å². The topological polar surface area (TPSA) is 36.1 Å². The monoisotopic (exact) mass is 640 g/mol. The Balaban J connectivity index is 1.85. The fraction of sp³-hybridized carbons (Fsp3) is 0.591. The molecule has 3 rings (SSSR count). The predicted molar refractivity (Wildman–Crippen MR) is 208 cm³/mol. The minimum absolute atomic E-state index is 0.147. The summed E-state index contributed by atoms with van der Waals surface area (Å²) in [6.45, 7) is 9.98. The van der Waals surface area contributed by atoms with Crippen LogP contribution in [0.5, 0.6) is 0 Å². The molecule has 0 amide bonds. The van der Waals surface area contributed by atoms with Gasteiger partial charge in [-0.15, -0.1) is 0 Å². The zero-order valence-electron chi connectivity index (χ0n) is 30.5. The van der Waals surface area contributed by atoms with E-state index in [1.54, 1.807) is 0 Å². The molecule has 0 bridgehead atoms. The maximum Gasteiger partial charge on any atom is 0.0597 e. The van der Waals surface area contributed by atoms with Crippen LogP contribution in [0, 0.1) is 0 Å². The van der Waals surface area contributed by atoms with E-state index in [0.717, 1.165) is 19.6 Å². The summed E-state index contributed by atoms with van der Waals surface area (Å²) >= 11 is 0. The highest BCUT2D eigenvalue weighted by atomic mass is 14.9. The molecule has 2 unspecified atom stereocenters. The first-order valence-corrected chi connectivity index (χ1v) is 19.7. The zero-order chi connectivity index (χ0) is 33.2. The third-order valence-electron chi connectivity index (χ3n) is 9.59. The van der Waals surface area contributed by atoms with Gasteiger partial charge in [0.1, 0.15) is 0 Å². The number of hydrogen-bond donors (Lipinski definition) is 3. The Morgan fingerprint density at radius 1 is 0.404 bits per heavy atom. The molecule has 3 aromatic rings. The lowest BCUT2D eigenvalue weighted by Gasteiger charge is -2.27. The Kier molecular flexibility index (Phi) is 21.0. The second-order valence-corrected chi connectivity index (χ2v) is 13.7. The number of rotatable bonds is 28. The fourth-order valence-electron chi connectivity index (χ4n) is 6.72. The Bertz CT molecular complexity index is 1150. The lowest BCUT2D eigenvalue weighted by molar-refractivity contribution is 0.536. The summed E-state index contributed by atoms with van der Waals surface area (Å²) < 4.78 is 0. The third kappa shape index (κ3) is 15.4. The summed E-state index contributed by atoms with van der Waals surface area (Å²) in [5, 5.41) is 11.9. The number of hydrogen-bond acceptors (Lipinski definition) is 3. The van der Waals surface area contributed by atoms with Crippen molar-refractivity contribution in [3.05, 3.63) is 101 Å². The summed E-state index contributed by atoms with van der Waals surface area (Å²) in [5.74, 6) is 0. The van der Waals surface area contributed by atoms with E-state index in [1.165, 1.54) is 144 Å². The molecule has 0 spiro atoms. The fourth-order valence-corrected chi connectivity index (χ4v) is 6.72. The molecule has 3 N–H and O–H groups in total. The van der Waals surface area contributed by atoms with Crippen LogP contribution in [0.25, 0.3) is 0 Å². The number of nitrogens with one attached hydrogen (secondary N) is 3. The average molecular weight is 640 g/mol. The summed E-state index contributed by atoms with van der Waals surface area (Å²) in [7, 11) is 0. The second-order valence-electron chi connectivity index (χ2n) is 13.7. The SMILES string of the molecule is CCCCCCCCNc1ccc(C(NCCCCCCCC)c2ccccc2)cc1C(NCCCCCCCC)c1ccccc1. The largest absolute Gasteiger partial charge is 0.385 e. The van der Waals surface area contributed by atoms with Gasteiger partial charge in [-0.2, -0.15) is 0 Å². The molecule has 260 valence electrons. The minimum atomic E-state index is 0.147. The third-order valence-corrected chi connectivity index (χ3v) is 9.59. The van der Waals surface area contributed by atoms with E-state index in [0.29, 0.717) is 0 Å². The second kappa shape index (κ2) is 25.4. The van der Waals surface area contributed by atoms with Gasteiger partial charge >= 0.3 is 0 Å². The number of benzene rings is 3. The van der Waals surface area contributed by atoms with Crippen molar-refractivity contribution in [1.29, 1.82) is 0 Å². The van der Waals surface area contributed by atoms with Crippen molar-refractivity contribution in [2.75, 3.05) is 25.0 Å². The van der Waals surface area contributed by atoms with Crippen LogP contribution in [0.3, 0.4) is 0 Å². The van der Waals surface area contributed by atoms with E-state index in [9.17, 15) is 0 Å². The molecule has 3 heteroatoms. The number of unbranched alkanes of at least 4 members (excludes halogenated alkanes) is 15. The lowest BCUT2D eigenvalue weighted by Crippen LogP contribution is -2.27. The maximum atomic E-state index is 4.03. The predicted octanol–water partition coefficient (Wildman–Crippen LogP) is 12.5. The lowest BCUT2D eigenvalue weighted by atomic mass is 9.91. The normalized spacial score (nSPS) is 12.7. The molecule has 2 atom stereocenters. The number of anilines is 1. The first-order valence-electron chi connectivity index (χ1n) is 19.7. The van der Waals surface area contributed by atoms with Gasteiger partial charge in [0.15, 0.2) is 0 Å². The molecule has 0 saturated carbocycles. The highest BCUT2D eigenvalue weighted by molar-refractivity contribution is 5.57. The van der Waals surface area contributed by atoms with Gasteiger partial charge in [0.25, 0.3) is 0 Å². The first kappa shape index (κ1) is 38.8. The molecule has 0 heterocycles. The van der Waals surface area contributed by atoms with Gasteiger partial charge in [0, 0.05) is 12.2 Å². The first-order chi connectivity index (χ1) is 23.3. The van der Waals surface area contributed by atoms with Crippen LogP contribution in [0.1, 0.15) is 171 Å². The van der Waals surface area contributed by atoms with Gasteiger partial charge < -0.3 is 16.0 Å². The van der Waals surface area contributed by atoms with Gasteiger partial charge in [0.2, 0.25) is 0 Å². The molecule has 0 fully saturated rings. The Hall–Kier alpha value is -2.62. The Labute approximate surface area is 290 Å². The van der Waals surface area contributed by atoms with Crippen LogP contribution in [-0.4, -0.2) is 19.6 Å². The molecule has 0 radical (unpaired) electrons. The van der Waals surface area contributed by atoms with Crippen LogP contribution in [0.4, 0.5) is 5.69 Å². The summed E-state index contributed by atoms with van der Waals surface area (Å²) in [6, 6.07) is 29.7. The Morgan fingerprint density at radius 2 is 0.830 bits per heavy atom. The maximum absolute atomic E-state index is 4.03. The highest BCUT2D eigenvalue weighted by Gasteiger charge is 2.21. The van der Waals surface area contributed by atoms with Crippen LogP contribution in [0.2, 0.25) is 0 Å². The van der Waals surface area contributed by atoms with Crippen molar-refractivity contribution in [3.8, 4) is 0 Å². The quantitative estimate of drug-likeness (QED) is 0.0692. The zero-order valence-corrected chi connectivity index (χ0v) is 30.5. The van der Waals surface area contributed by atoms with Gasteiger partial charge in [-0.1, -0.05) is 184 Å². The van der Waals surface area contributed by atoms with Crippen molar-refractivity contribution < 1.29 is 0 Å². The van der Waals surface area contributed by atoms with Crippen molar-refractivity contribution in [3.63, 3.8) is 0 Å². The van der Waals surface area contributed by atoms with Gasteiger partial charge in [-0.25, -0.2) is 0 Å². The smallest absolute Gasteiger partial charge is 0.0597 e. The molecule has 0 saturated heterocycles. The van der Waals surface area contributed by atoms with E-state index in [4.69, 9.17) is 0 Å². The average Bonchev–Trinajstić information content (AvgIpc) is 3.11. The van der Waals surface area contributed by atoms with Crippen LogP contribution < -0.4 is 16.0 Å². The molecule has 3 nitrogen and oxygen atoms in total. The Morgan fingerprint density at radius 3 is 1.34 bits per heavy atom. The van der Waals surface area contributed by atoms with Crippen LogP contribution >= 0.6 is 0 Å². The molecular weight excluding hydrogens is 571 g/mol. The van der Waals surface area contributed by atoms with E-state index < -0.39 is 0 Å². The van der Waals surface area contributed by atoms with Crippen molar-refractivity contribution in [1.82, 2.24) is 10.6 Å². The standard InChI is InChI=1S/C44H69N3/c1-4-7-10-13-16-25-34-45-42-33-32-40(43(38-28-21-19-22-29-38)46-35-26-17-14-11-8-5-2)37-41(42)44(39-30-23-20-24-31-39)47-36-27-18-15-12-9-6-3/h19-24,28-33,37,43-47H,4-18,25-27,34-36H2,1-3H3. The van der Waals surface area contributed by atoms with Crippen molar-refractivity contribution >= 4 is 5.69 Å². The molecule has 0 aliphatic rings. The van der Waals surface area contributed by atoms with E-state index in [1.807, 2.05) is 0 Å². The molecule has 0 aromatic heterocycles. The van der Waals surface area contributed by atoms with Crippen molar-refractivity contribution in [2.45, 2.75) is 148 Å².